The fourth-order valence-electron chi connectivity index (χ4n) is 4.32. The number of hydrogen-bond donors (Lipinski definition) is 2. The van der Waals surface area contributed by atoms with Gasteiger partial charge in [-0.25, -0.2) is 0 Å². The molecule has 32 heavy (non-hydrogen) atoms. The second-order valence-electron chi connectivity index (χ2n) is 9.14. The monoisotopic (exact) mass is 427 g/mol. The van der Waals surface area contributed by atoms with E-state index in [1.807, 2.05) is 38.1 Å². The summed E-state index contributed by atoms with van der Waals surface area (Å²) in [6, 6.07) is 14.4. The van der Waals surface area contributed by atoms with Crippen LogP contribution in [-0.4, -0.2) is 30.1 Å². The van der Waals surface area contributed by atoms with Gasteiger partial charge in [0.1, 0.15) is 12.4 Å². The molecule has 1 saturated carbocycles. The third-order valence-corrected chi connectivity index (χ3v) is 6.66. The van der Waals surface area contributed by atoms with Crippen LogP contribution in [0, 0.1) is 6.92 Å². The fourth-order valence-corrected chi connectivity index (χ4v) is 4.32. The zero-order valence-electron chi connectivity index (χ0n) is 18.7. The van der Waals surface area contributed by atoms with Crippen molar-refractivity contribution in [3.8, 4) is 5.75 Å². The Hall–Kier alpha value is -3.18. The van der Waals surface area contributed by atoms with E-state index in [-0.39, 0.29) is 11.4 Å². The Balaban J connectivity index is 1.43. The number of aryl methyl sites for hydroxylation is 1. The van der Waals surface area contributed by atoms with Crippen LogP contribution in [0.5, 0.6) is 5.75 Å². The van der Waals surface area contributed by atoms with E-state index in [2.05, 4.69) is 40.4 Å². The molecule has 2 N–H and O–H groups in total. The van der Waals surface area contributed by atoms with Crippen LogP contribution in [-0.2, 0) is 5.54 Å². The van der Waals surface area contributed by atoms with Crippen LogP contribution < -0.4 is 15.4 Å². The van der Waals surface area contributed by atoms with Crippen molar-refractivity contribution in [2.45, 2.75) is 44.7 Å². The van der Waals surface area contributed by atoms with Gasteiger partial charge >= 0.3 is 0 Å². The van der Waals surface area contributed by atoms with Crippen molar-refractivity contribution in [2.75, 3.05) is 13.2 Å². The first-order valence-corrected chi connectivity index (χ1v) is 11.3. The highest BCUT2D eigenvalue weighted by atomic mass is 16.5. The molecule has 1 amide bonds. The minimum Gasteiger partial charge on any atom is -0.492 e. The molecule has 1 atom stereocenters. The Morgan fingerprint density at radius 1 is 1.28 bits per heavy atom. The summed E-state index contributed by atoms with van der Waals surface area (Å²) in [5.74, 6) is 0.670. The highest BCUT2D eigenvalue weighted by molar-refractivity contribution is 5.97. The Kier molecular flexibility index (Phi) is 5.22. The molecular weight excluding hydrogens is 398 g/mol. The van der Waals surface area contributed by atoms with Gasteiger partial charge in [0.05, 0.1) is 11.1 Å². The molecule has 0 spiro atoms. The van der Waals surface area contributed by atoms with Crippen molar-refractivity contribution >= 4 is 22.4 Å². The van der Waals surface area contributed by atoms with Crippen LogP contribution in [0.4, 0.5) is 0 Å². The van der Waals surface area contributed by atoms with Gasteiger partial charge in [-0.3, -0.25) is 9.78 Å². The summed E-state index contributed by atoms with van der Waals surface area (Å²) in [6.07, 6.45) is 4.75. The summed E-state index contributed by atoms with van der Waals surface area (Å²) in [7, 11) is 0. The van der Waals surface area contributed by atoms with Crippen molar-refractivity contribution in [1.29, 1.82) is 0 Å². The minimum atomic E-state index is -0.372. The number of amides is 1. The molecule has 0 radical (unpaired) electrons. The topological polar surface area (TPSA) is 63.2 Å². The molecule has 2 aliphatic rings. The number of pyridine rings is 1. The normalized spacial score (nSPS) is 18.6. The van der Waals surface area contributed by atoms with E-state index in [0.717, 1.165) is 64.7 Å². The highest BCUT2D eigenvalue weighted by Crippen LogP contribution is 2.48. The maximum Gasteiger partial charge on any atom is 0.252 e. The van der Waals surface area contributed by atoms with Crippen molar-refractivity contribution in [1.82, 2.24) is 15.6 Å². The molecule has 0 bridgehead atoms. The van der Waals surface area contributed by atoms with Gasteiger partial charge in [-0.05, 0) is 86.7 Å². The standard InChI is InChI=1S/C27H29N3O2/c1-17(2)19-13-24(22-5-4-11-29-25(22)14-19)27(9-10-27)30-26(31)23-15-21(7-6-18(23)3)32-16-20-8-12-28-20/h4-7,11,13-15,20,28H,1,8-10,12,16H2,2-3H3,(H,30,31)/t20-/m0/s1. The summed E-state index contributed by atoms with van der Waals surface area (Å²) in [5.41, 5.74) is 5.33. The number of benzene rings is 2. The summed E-state index contributed by atoms with van der Waals surface area (Å²) in [5, 5.41) is 7.76. The third kappa shape index (κ3) is 3.89. The smallest absolute Gasteiger partial charge is 0.252 e. The first-order chi connectivity index (χ1) is 15.4. The molecule has 1 saturated heterocycles. The van der Waals surface area contributed by atoms with Crippen LogP contribution in [0.25, 0.3) is 16.5 Å². The molecular formula is C27H29N3O2. The van der Waals surface area contributed by atoms with Gasteiger partial charge in [-0.2, -0.15) is 0 Å². The lowest BCUT2D eigenvalue weighted by atomic mass is 9.94. The Bertz CT molecular complexity index is 1210. The number of allylic oxidation sites excluding steroid dienone is 1. The number of carbonyl (C=O) groups is 1. The summed E-state index contributed by atoms with van der Waals surface area (Å²) >= 11 is 0. The van der Waals surface area contributed by atoms with Gasteiger partial charge in [0.2, 0.25) is 0 Å². The van der Waals surface area contributed by atoms with E-state index >= 15 is 0 Å². The van der Waals surface area contributed by atoms with E-state index in [1.54, 1.807) is 6.20 Å². The average Bonchev–Trinajstić information content (AvgIpc) is 3.53. The second-order valence-corrected chi connectivity index (χ2v) is 9.14. The first kappa shape index (κ1) is 20.7. The maximum absolute atomic E-state index is 13.4. The number of aromatic nitrogens is 1. The van der Waals surface area contributed by atoms with E-state index in [4.69, 9.17) is 4.74 Å². The van der Waals surface area contributed by atoms with E-state index < -0.39 is 0 Å². The van der Waals surface area contributed by atoms with Crippen molar-refractivity contribution in [3.63, 3.8) is 0 Å². The van der Waals surface area contributed by atoms with Gasteiger partial charge in [0.15, 0.2) is 0 Å². The van der Waals surface area contributed by atoms with Crippen LogP contribution in [0.1, 0.15) is 53.2 Å². The summed E-state index contributed by atoms with van der Waals surface area (Å²) < 4.78 is 5.93. The zero-order valence-corrected chi connectivity index (χ0v) is 18.7. The molecule has 2 heterocycles. The molecule has 2 aromatic carbocycles. The van der Waals surface area contributed by atoms with E-state index in [0.29, 0.717) is 18.2 Å². The maximum atomic E-state index is 13.4. The van der Waals surface area contributed by atoms with Gasteiger partial charge in [0, 0.05) is 23.2 Å². The van der Waals surface area contributed by atoms with Gasteiger partial charge in [-0.1, -0.05) is 24.3 Å². The molecule has 1 aromatic heterocycles. The van der Waals surface area contributed by atoms with Crippen molar-refractivity contribution in [2.24, 2.45) is 0 Å². The van der Waals surface area contributed by atoms with Crippen LogP contribution in [0.2, 0.25) is 0 Å². The van der Waals surface area contributed by atoms with Gasteiger partial charge in [0.25, 0.3) is 5.91 Å². The lowest BCUT2D eigenvalue weighted by Gasteiger charge is -2.27. The molecule has 5 nitrogen and oxygen atoms in total. The predicted octanol–water partition coefficient (Wildman–Crippen LogP) is 4.74. The zero-order chi connectivity index (χ0) is 22.3. The number of fused-ring (bicyclic) bond motifs is 1. The molecule has 3 aromatic rings. The third-order valence-electron chi connectivity index (χ3n) is 6.66. The minimum absolute atomic E-state index is 0.0648. The quantitative estimate of drug-likeness (QED) is 0.572. The van der Waals surface area contributed by atoms with Crippen LogP contribution in [0.3, 0.4) is 0 Å². The van der Waals surface area contributed by atoms with Crippen molar-refractivity contribution < 1.29 is 9.53 Å². The highest BCUT2D eigenvalue weighted by Gasteiger charge is 2.47. The van der Waals surface area contributed by atoms with Gasteiger partial charge < -0.3 is 15.4 Å². The molecule has 1 aliphatic carbocycles. The molecule has 0 unspecified atom stereocenters. The fraction of sp³-hybridized carbons (Fsp3) is 0.333. The molecule has 5 rings (SSSR count). The largest absolute Gasteiger partial charge is 0.492 e. The number of ether oxygens (including phenoxy) is 1. The SMILES string of the molecule is C=C(C)c1cc(C2(NC(=O)c3cc(OC[C@@H]4CCN4)ccc3C)CC2)c2cccnc2c1. The number of nitrogens with zero attached hydrogens (tertiary/aromatic N) is 1. The second kappa shape index (κ2) is 8.06. The number of nitrogens with one attached hydrogen (secondary N) is 2. The number of rotatable bonds is 7. The molecule has 1 aliphatic heterocycles. The van der Waals surface area contributed by atoms with E-state index in [1.165, 1.54) is 0 Å². The Morgan fingerprint density at radius 2 is 2.09 bits per heavy atom. The summed E-state index contributed by atoms with van der Waals surface area (Å²) in [4.78, 5) is 18.0. The van der Waals surface area contributed by atoms with Gasteiger partial charge in [-0.15, -0.1) is 0 Å². The number of hydrogen-bond acceptors (Lipinski definition) is 4. The lowest BCUT2D eigenvalue weighted by Crippen LogP contribution is -2.46. The molecule has 164 valence electrons. The first-order valence-electron chi connectivity index (χ1n) is 11.3. The average molecular weight is 428 g/mol. The van der Waals surface area contributed by atoms with Crippen LogP contribution in [0.15, 0.2) is 55.2 Å². The lowest BCUT2D eigenvalue weighted by molar-refractivity contribution is 0.0930. The summed E-state index contributed by atoms with van der Waals surface area (Å²) in [6.45, 7) is 9.75. The van der Waals surface area contributed by atoms with E-state index in [9.17, 15) is 4.79 Å². The predicted molar refractivity (Wildman–Crippen MR) is 128 cm³/mol. The Morgan fingerprint density at radius 3 is 2.78 bits per heavy atom. The number of carbonyl (C=O) groups excluding carboxylic acids is 1. The Labute approximate surface area is 188 Å². The molecule has 5 heteroatoms. The van der Waals surface area contributed by atoms with Crippen LogP contribution >= 0.6 is 0 Å². The molecule has 2 fully saturated rings. The van der Waals surface area contributed by atoms with Crippen molar-refractivity contribution in [3.05, 3.63) is 77.5 Å².